The number of nitrogens with one attached hydrogen (secondary N) is 1. The van der Waals surface area contributed by atoms with Gasteiger partial charge in [-0.25, -0.2) is 0 Å². The van der Waals surface area contributed by atoms with Gasteiger partial charge < -0.3 is 15.1 Å². The van der Waals surface area contributed by atoms with E-state index in [2.05, 4.69) is 32.4 Å². The number of benzene rings is 2. The molecule has 0 atom stereocenters. The van der Waals surface area contributed by atoms with Crippen LogP contribution in [0.5, 0.6) is 0 Å². The fraction of sp³-hybridized carbons (Fsp3) is 0.250. The Labute approximate surface area is 162 Å². The third-order valence-electron chi connectivity index (χ3n) is 4.77. The van der Waals surface area contributed by atoms with E-state index in [0.29, 0.717) is 16.4 Å². The van der Waals surface area contributed by atoms with Gasteiger partial charge in [-0.3, -0.25) is 4.79 Å². The number of hydrogen-bond donors (Lipinski definition) is 1. The van der Waals surface area contributed by atoms with Crippen LogP contribution in [0.4, 0.5) is 11.5 Å². The summed E-state index contributed by atoms with van der Waals surface area (Å²) in [7, 11) is 2.12. The van der Waals surface area contributed by atoms with E-state index in [1.54, 1.807) is 24.3 Å². The van der Waals surface area contributed by atoms with Crippen molar-refractivity contribution < 1.29 is 4.79 Å². The molecule has 0 spiro atoms. The van der Waals surface area contributed by atoms with Crippen LogP contribution in [0.2, 0.25) is 5.02 Å². The fourth-order valence-corrected chi connectivity index (χ4v) is 3.46. The number of likely N-dealkylation sites (N-methyl/N-ethyl adjacent to an activating group) is 1. The lowest BCUT2D eigenvalue weighted by atomic mass is 10.1. The number of carbonyl (C=O) groups is 1. The molecule has 1 amide bonds. The van der Waals surface area contributed by atoms with Gasteiger partial charge in [0, 0.05) is 47.7 Å². The average molecular weight is 382 g/mol. The summed E-state index contributed by atoms with van der Waals surface area (Å²) in [5.74, 6) is 0.531. The van der Waals surface area contributed by atoms with E-state index < -0.39 is 0 Å². The van der Waals surface area contributed by atoms with Crippen LogP contribution >= 0.6 is 11.6 Å². The largest absolute Gasteiger partial charge is 0.352 e. The van der Waals surface area contributed by atoms with E-state index in [9.17, 15) is 4.79 Å². The zero-order valence-corrected chi connectivity index (χ0v) is 15.8. The molecule has 27 heavy (non-hydrogen) atoms. The van der Waals surface area contributed by atoms with Crippen LogP contribution in [0, 0.1) is 0 Å². The molecule has 7 heteroatoms. The number of amides is 1. The van der Waals surface area contributed by atoms with Crippen molar-refractivity contribution in [2.45, 2.75) is 0 Å². The SMILES string of the molecule is CN1CCN(c2nnc(C(=O)Nc3cccc(Cl)c3)c3ccccc23)CC1. The van der Waals surface area contributed by atoms with Crippen molar-refractivity contribution in [3.05, 3.63) is 59.2 Å². The van der Waals surface area contributed by atoms with Crippen molar-refractivity contribution in [1.82, 2.24) is 15.1 Å². The lowest BCUT2D eigenvalue weighted by Gasteiger charge is -2.33. The first kappa shape index (κ1) is 17.7. The highest BCUT2D eigenvalue weighted by molar-refractivity contribution is 6.31. The molecule has 2 aromatic carbocycles. The molecule has 138 valence electrons. The molecule has 0 bridgehead atoms. The number of aromatic nitrogens is 2. The molecule has 1 N–H and O–H groups in total. The number of piperazine rings is 1. The number of halogens is 1. The first-order valence-electron chi connectivity index (χ1n) is 8.87. The number of anilines is 2. The molecular weight excluding hydrogens is 362 g/mol. The summed E-state index contributed by atoms with van der Waals surface area (Å²) in [6, 6.07) is 14.8. The predicted molar refractivity (Wildman–Crippen MR) is 109 cm³/mol. The van der Waals surface area contributed by atoms with Crippen LogP contribution < -0.4 is 10.2 Å². The van der Waals surface area contributed by atoms with Gasteiger partial charge in [0.1, 0.15) is 0 Å². The predicted octanol–water partition coefficient (Wildman–Crippen LogP) is 3.29. The quantitative estimate of drug-likeness (QED) is 0.754. The van der Waals surface area contributed by atoms with Crippen LogP contribution in [0.1, 0.15) is 10.5 Å². The van der Waals surface area contributed by atoms with Gasteiger partial charge >= 0.3 is 0 Å². The second-order valence-electron chi connectivity index (χ2n) is 6.67. The van der Waals surface area contributed by atoms with Gasteiger partial charge in [0.2, 0.25) is 0 Å². The molecule has 1 aliphatic heterocycles. The molecule has 0 radical (unpaired) electrons. The number of hydrogen-bond acceptors (Lipinski definition) is 5. The Morgan fingerprint density at radius 3 is 2.48 bits per heavy atom. The highest BCUT2D eigenvalue weighted by Crippen LogP contribution is 2.27. The third kappa shape index (κ3) is 3.72. The molecule has 0 unspecified atom stereocenters. The summed E-state index contributed by atoms with van der Waals surface area (Å²) in [4.78, 5) is 17.3. The maximum atomic E-state index is 12.8. The van der Waals surface area contributed by atoms with Crippen molar-refractivity contribution in [3.8, 4) is 0 Å². The number of rotatable bonds is 3. The number of fused-ring (bicyclic) bond motifs is 1. The number of nitrogens with zero attached hydrogens (tertiary/aromatic N) is 4. The normalized spacial score (nSPS) is 15.1. The molecule has 6 nitrogen and oxygen atoms in total. The molecule has 4 rings (SSSR count). The molecule has 0 aliphatic carbocycles. The summed E-state index contributed by atoms with van der Waals surface area (Å²) >= 11 is 6.00. The van der Waals surface area contributed by atoms with E-state index in [1.165, 1.54) is 0 Å². The zero-order valence-electron chi connectivity index (χ0n) is 15.0. The van der Waals surface area contributed by atoms with Crippen molar-refractivity contribution >= 4 is 39.8 Å². The summed E-state index contributed by atoms with van der Waals surface area (Å²) < 4.78 is 0. The van der Waals surface area contributed by atoms with E-state index in [-0.39, 0.29) is 5.91 Å². The van der Waals surface area contributed by atoms with Gasteiger partial charge in [0.05, 0.1) is 0 Å². The highest BCUT2D eigenvalue weighted by Gasteiger charge is 2.21. The minimum atomic E-state index is -0.300. The Hall–Kier alpha value is -2.70. The maximum Gasteiger partial charge on any atom is 0.276 e. The lowest BCUT2D eigenvalue weighted by molar-refractivity contribution is 0.102. The van der Waals surface area contributed by atoms with E-state index in [1.807, 2.05) is 24.3 Å². The summed E-state index contributed by atoms with van der Waals surface area (Å²) in [5, 5.41) is 13.8. The molecular formula is C20H20ClN5O. The van der Waals surface area contributed by atoms with Crippen molar-refractivity contribution in [1.29, 1.82) is 0 Å². The standard InChI is InChI=1S/C20H20ClN5O/c1-25-9-11-26(12-10-25)19-17-8-3-2-7-16(17)18(23-24-19)20(27)22-15-6-4-5-14(21)13-15/h2-8,13H,9-12H2,1H3,(H,22,27). The summed E-state index contributed by atoms with van der Waals surface area (Å²) in [6.45, 7) is 3.74. The monoisotopic (exact) mass is 381 g/mol. The molecule has 1 fully saturated rings. The average Bonchev–Trinajstić information content (AvgIpc) is 2.68. The van der Waals surface area contributed by atoms with Crippen LogP contribution in [0.3, 0.4) is 0 Å². The van der Waals surface area contributed by atoms with Crippen molar-refractivity contribution in [2.24, 2.45) is 0 Å². The smallest absolute Gasteiger partial charge is 0.276 e. The summed E-state index contributed by atoms with van der Waals surface area (Å²) in [5.41, 5.74) is 0.935. The molecule has 3 aromatic rings. The Morgan fingerprint density at radius 1 is 1.00 bits per heavy atom. The molecule has 1 aliphatic rings. The second kappa shape index (κ2) is 7.50. The number of carbonyl (C=O) groups excluding carboxylic acids is 1. The molecule has 1 aromatic heterocycles. The first-order chi connectivity index (χ1) is 13.1. The molecule has 2 heterocycles. The Bertz CT molecular complexity index is 985. The van der Waals surface area contributed by atoms with Gasteiger partial charge in [0.15, 0.2) is 11.5 Å². The molecule has 1 saturated heterocycles. The minimum absolute atomic E-state index is 0.300. The fourth-order valence-electron chi connectivity index (χ4n) is 3.27. The van der Waals surface area contributed by atoms with Crippen LogP contribution in [-0.4, -0.2) is 54.2 Å². The summed E-state index contributed by atoms with van der Waals surface area (Å²) in [6.07, 6.45) is 0. The van der Waals surface area contributed by atoms with Gasteiger partial charge in [-0.15, -0.1) is 10.2 Å². The zero-order chi connectivity index (χ0) is 18.8. The maximum absolute atomic E-state index is 12.8. The third-order valence-corrected chi connectivity index (χ3v) is 5.00. The topological polar surface area (TPSA) is 61.4 Å². The Morgan fingerprint density at radius 2 is 1.74 bits per heavy atom. The van der Waals surface area contributed by atoms with E-state index in [0.717, 1.165) is 42.8 Å². The first-order valence-corrected chi connectivity index (χ1v) is 9.25. The minimum Gasteiger partial charge on any atom is -0.352 e. The van der Waals surface area contributed by atoms with Crippen LogP contribution in [-0.2, 0) is 0 Å². The van der Waals surface area contributed by atoms with E-state index >= 15 is 0 Å². The Kier molecular flexibility index (Phi) is 4.92. The van der Waals surface area contributed by atoms with Gasteiger partial charge in [0.25, 0.3) is 5.91 Å². The van der Waals surface area contributed by atoms with Crippen molar-refractivity contribution in [3.63, 3.8) is 0 Å². The van der Waals surface area contributed by atoms with Crippen LogP contribution in [0.25, 0.3) is 10.8 Å². The van der Waals surface area contributed by atoms with Crippen LogP contribution in [0.15, 0.2) is 48.5 Å². The second-order valence-corrected chi connectivity index (χ2v) is 7.11. The van der Waals surface area contributed by atoms with Crippen molar-refractivity contribution in [2.75, 3.05) is 43.4 Å². The van der Waals surface area contributed by atoms with E-state index in [4.69, 9.17) is 11.6 Å². The Balaban J connectivity index is 1.68. The van der Waals surface area contributed by atoms with Gasteiger partial charge in [-0.1, -0.05) is 41.9 Å². The van der Waals surface area contributed by atoms with Gasteiger partial charge in [-0.05, 0) is 25.2 Å². The molecule has 0 saturated carbocycles. The van der Waals surface area contributed by atoms with Gasteiger partial charge in [-0.2, -0.15) is 0 Å². The lowest BCUT2D eigenvalue weighted by Crippen LogP contribution is -2.45. The highest BCUT2D eigenvalue weighted by atomic mass is 35.5.